The first-order valence-corrected chi connectivity index (χ1v) is 7.90. The largest absolute Gasteiger partial charge is 0.495 e. The van der Waals surface area contributed by atoms with E-state index in [2.05, 4.69) is 34.9 Å². The average molecular weight is 274 g/mol. The summed E-state index contributed by atoms with van der Waals surface area (Å²) in [5.74, 6) is 1.92. The van der Waals surface area contributed by atoms with E-state index in [1.807, 2.05) is 6.07 Å². The van der Waals surface area contributed by atoms with E-state index in [0.29, 0.717) is 0 Å². The van der Waals surface area contributed by atoms with Crippen molar-refractivity contribution in [2.45, 2.75) is 32.2 Å². The summed E-state index contributed by atoms with van der Waals surface area (Å²) in [6.45, 7) is 7.01. The first-order valence-electron chi connectivity index (χ1n) is 7.90. The summed E-state index contributed by atoms with van der Waals surface area (Å²) >= 11 is 0. The summed E-state index contributed by atoms with van der Waals surface area (Å²) in [6.07, 6.45) is 4.21. The van der Waals surface area contributed by atoms with Gasteiger partial charge in [-0.1, -0.05) is 19.1 Å². The zero-order valence-electron chi connectivity index (χ0n) is 12.7. The molecule has 3 rings (SSSR count). The van der Waals surface area contributed by atoms with Gasteiger partial charge in [-0.3, -0.25) is 4.90 Å². The Labute approximate surface area is 122 Å². The van der Waals surface area contributed by atoms with Crippen LogP contribution in [-0.2, 0) is 0 Å². The van der Waals surface area contributed by atoms with E-state index in [9.17, 15) is 0 Å². The fourth-order valence-electron chi connectivity index (χ4n) is 3.73. The number of para-hydroxylation sites is 2. The maximum absolute atomic E-state index is 5.48. The minimum atomic E-state index is 0.838. The van der Waals surface area contributed by atoms with Crippen LogP contribution in [0.4, 0.5) is 5.69 Å². The SMILES string of the molecule is COc1ccccc1N1CCN([C@@H]2CC[C@H](C)C2)CC1. The van der Waals surface area contributed by atoms with Crippen LogP contribution < -0.4 is 9.64 Å². The summed E-state index contributed by atoms with van der Waals surface area (Å²) in [6, 6.07) is 9.21. The van der Waals surface area contributed by atoms with Crippen LogP contribution in [0, 0.1) is 5.92 Å². The number of hydrogen-bond donors (Lipinski definition) is 0. The monoisotopic (exact) mass is 274 g/mol. The van der Waals surface area contributed by atoms with Crippen LogP contribution in [0.1, 0.15) is 26.2 Å². The molecule has 1 heterocycles. The summed E-state index contributed by atoms with van der Waals surface area (Å²) in [7, 11) is 1.76. The first kappa shape index (κ1) is 13.7. The van der Waals surface area contributed by atoms with Crippen LogP contribution in [0.5, 0.6) is 5.75 Å². The number of anilines is 1. The van der Waals surface area contributed by atoms with Crippen LogP contribution in [-0.4, -0.2) is 44.2 Å². The Kier molecular flexibility index (Phi) is 4.16. The second-order valence-electron chi connectivity index (χ2n) is 6.27. The van der Waals surface area contributed by atoms with E-state index >= 15 is 0 Å². The van der Waals surface area contributed by atoms with Gasteiger partial charge in [0.15, 0.2) is 0 Å². The van der Waals surface area contributed by atoms with E-state index in [1.165, 1.54) is 38.0 Å². The number of rotatable bonds is 3. The Hall–Kier alpha value is -1.22. The summed E-state index contributed by atoms with van der Waals surface area (Å²) in [5, 5.41) is 0. The highest BCUT2D eigenvalue weighted by molar-refractivity contribution is 5.58. The van der Waals surface area contributed by atoms with Crippen molar-refractivity contribution in [3.05, 3.63) is 24.3 Å². The molecule has 2 fully saturated rings. The molecule has 1 aliphatic carbocycles. The standard InChI is InChI=1S/C17H26N2O/c1-14-7-8-15(13-14)18-9-11-19(12-10-18)16-5-3-4-6-17(16)20-2/h3-6,14-15H,7-13H2,1-2H3/t14-,15+/m0/s1. The van der Waals surface area contributed by atoms with Crippen molar-refractivity contribution >= 4 is 5.69 Å². The lowest BCUT2D eigenvalue weighted by atomic mass is 10.1. The molecule has 1 saturated carbocycles. The van der Waals surface area contributed by atoms with E-state index in [0.717, 1.165) is 30.8 Å². The highest BCUT2D eigenvalue weighted by atomic mass is 16.5. The molecular formula is C17H26N2O. The molecule has 0 N–H and O–H groups in total. The summed E-state index contributed by atoms with van der Waals surface area (Å²) < 4.78 is 5.48. The fraction of sp³-hybridized carbons (Fsp3) is 0.647. The van der Waals surface area contributed by atoms with Gasteiger partial charge < -0.3 is 9.64 Å². The van der Waals surface area contributed by atoms with Gasteiger partial charge in [0, 0.05) is 32.2 Å². The number of piperazine rings is 1. The number of methoxy groups -OCH3 is 1. The molecule has 0 bridgehead atoms. The van der Waals surface area contributed by atoms with E-state index < -0.39 is 0 Å². The van der Waals surface area contributed by atoms with Gasteiger partial charge in [0.05, 0.1) is 12.8 Å². The molecule has 0 unspecified atom stereocenters. The van der Waals surface area contributed by atoms with Crippen molar-refractivity contribution in [2.75, 3.05) is 38.2 Å². The highest BCUT2D eigenvalue weighted by Crippen LogP contribution is 2.32. The fourth-order valence-corrected chi connectivity index (χ4v) is 3.73. The molecule has 0 radical (unpaired) electrons. The molecule has 3 heteroatoms. The third-order valence-corrected chi connectivity index (χ3v) is 4.92. The van der Waals surface area contributed by atoms with Crippen molar-refractivity contribution in [3.63, 3.8) is 0 Å². The van der Waals surface area contributed by atoms with Gasteiger partial charge >= 0.3 is 0 Å². The summed E-state index contributed by atoms with van der Waals surface area (Å²) in [4.78, 5) is 5.17. The maximum Gasteiger partial charge on any atom is 0.142 e. The van der Waals surface area contributed by atoms with E-state index in [1.54, 1.807) is 7.11 Å². The normalized spacial score (nSPS) is 27.8. The van der Waals surface area contributed by atoms with Crippen molar-refractivity contribution in [1.29, 1.82) is 0 Å². The van der Waals surface area contributed by atoms with Crippen molar-refractivity contribution in [1.82, 2.24) is 4.90 Å². The molecule has 110 valence electrons. The number of hydrogen-bond acceptors (Lipinski definition) is 3. The number of nitrogens with zero attached hydrogens (tertiary/aromatic N) is 2. The van der Waals surface area contributed by atoms with E-state index in [-0.39, 0.29) is 0 Å². The zero-order valence-corrected chi connectivity index (χ0v) is 12.7. The highest BCUT2D eigenvalue weighted by Gasteiger charge is 2.29. The Bertz CT molecular complexity index is 440. The zero-order chi connectivity index (χ0) is 13.9. The third-order valence-electron chi connectivity index (χ3n) is 4.92. The van der Waals surface area contributed by atoms with Crippen molar-refractivity contribution in [2.24, 2.45) is 5.92 Å². The second-order valence-corrected chi connectivity index (χ2v) is 6.27. The molecule has 2 aliphatic rings. The van der Waals surface area contributed by atoms with Gasteiger partial charge in [-0.05, 0) is 37.3 Å². The number of benzene rings is 1. The van der Waals surface area contributed by atoms with Gasteiger partial charge in [-0.25, -0.2) is 0 Å². The van der Waals surface area contributed by atoms with Crippen LogP contribution in [0.25, 0.3) is 0 Å². The lowest BCUT2D eigenvalue weighted by Gasteiger charge is -2.39. The van der Waals surface area contributed by atoms with Gasteiger partial charge in [-0.15, -0.1) is 0 Å². The third kappa shape index (κ3) is 2.78. The average Bonchev–Trinajstić information content (AvgIpc) is 2.94. The minimum absolute atomic E-state index is 0.838. The molecule has 3 nitrogen and oxygen atoms in total. The maximum atomic E-state index is 5.48. The topological polar surface area (TPSA) is 15.7 Å². The van der Waals surface area contributed by atoms with Gasteiger partial charge in [-0.2, -0.15) is 0 Å². The first-order chi connectivity index (χ1) is 9.78. The minimum Gasteiger partial charge on any atom is -0.495 e. The van der Waals surface area contributed by atoms with Crippen molar-refractivity contribution in [3.8, 4) is 5.75 Å². The quantitative estimate of drug-likeness (QED) is 0.842. The number of ether oxygens (including phenoxy) is 1. The Morgan fingerprint density at radius 1 is 1.05 bits per heavy atom. The van der Waals surface area contributed by atoms with Crippen molar-refractivity contribution < 1.29 is 4.74 Å². The van der Waals surface area contributed by atoms with Crippen LogP contribution in [0.3, 0.4) is 0 Å². The van der Waals surface area contributed by atoms with Crippen LogP contribution in [0.2, 0.25) is 0 Å². The molecule has 1 aromatic rings. The van der Waals surface area contributed by atoms with Gasteiger partial charge in [0.25, 0.3) is 0 Å². The lowest BCUT2D eigenvalue weighted by molar-refractivity contribution is 0.184. The molecule has 0 spiro atoms. The van der Waals surface area contributed by atoms with E-state index in [4.69, 9.17) is 4.74 Å². The van der Waals surface area contributed by atoms with Crippen LogP contribution >= 0.6 is 0 Å². The smallest absolute Gasteiger partial charge is 0.142 e. The molecular weight excluding hydrogens is 248 g/mol. The molecule has 20 heavy (non-hydrogen) atoms. The Balaban J connectivity index is 1.61. The molecule has 1 aliphatic heterocycles. The second kappa shape index (κ2) is 6.04. The molecule has 1 saturated heterocycles. The summed E-state index contributed by atoms with van der Waals surface area (Å²) in [5.41, 5.74) is 1.24. The molecule has 0 aromatic heterocycles. The van der Waals surface area contributed by atoms with Gasteiger partial charge in [0.1, 0.15) is 5.75 Å². The molecule has 2 atom stereocenters. The lowest BCUT2D eigenvalue weighted by Crippen LogP contribution is -2.49. The predicted octanol–water partition coefficient (Wildman–Crippen LogP) is 3.01. The predicted molar refractivity (Wildman–Crippen MR) is 83.6 cm³/mol. The Morgan fingerprint density at radius 2 is 1.80 bits per heavy atom. The Morgan fingerprint density at radius 3 is 2.45 bits per heavy atom. The van der Waals surface area contributed by atoms with Gasteiger partial charge in [0.2, 0.25) is 0 Å². The van der Waals surface area contributed by atoms with Crippen LogP contribution in [0.15, 0.2) is 24.3 Å². The molecule has 1 aromatic carbocycles. The molecule has 0 amide bonds.